The second-order valence-corrected chi connectivity index (χ2v) is 16.1. The molecule has 0 bridgehead atoms. The molecule has 0 saturated carbocycles. The molecule has 3 N–H and O–H groups in total. The monoisotopic (exact) mass is 708 g/mol. The first kappa shape index (κ1) is 47.4. The van der Waals surface area contributed by atoms with Crippen LogP contribution in [0, 0.1) is 17.8 Å². The molecule has 0 saturated heterocycles. The summed E-state index contributed by atoms with van der Waals surface area (Å²) in [7, 11) is 1.68. The average molecular weight is 708 g/mol. The van der Waals surface area contributed by atoms with E-state index in [-0.39, 0.29) is 62.1 Å². The van der Waals surface area contributed by atoms with Crippen LogP contribution in [0.1, 0.15) is 122 Å². The van der Waals surface area contributed by atoms with E-state index in [0.717, 1.165) is 6.42 Å². The highest BCUT2D eigenvalue weighted by Crippen LogP contribution is 2.35. The van der Waals surface area contributed by atoms with E-state index in [1.54, 1.807) is 7.11 Å². The van der Waals surface area contributed by atoms with Crippen LogP contribution < -0.4 is 16.0 Å². The van der Waals surface area contributed by atoms with Crippen LogP contribution in [-0.2, 0) is 38.1 Å². The molecule has 0 aliphatic rings. The van der Waals surface area contributed by atoms with E-state index in [0.29, 0.717) is 19.6 Å². The molecule has 0 heterocycles. The molecule has 11 heteroatoms. The van der Waals surface area contributed by atoms with Crippen molar-refractivity contribution in [1.82, 2.24) is 16.0 Å². The Kier molecular flexibility index (Phi) is 19.9. The fraction of sp³-hybridized carbons (Fsp3) is 0.795. The van der Waals surface area contributed by atoms with Gasteiger partial charge in [-0.1, -0.05) is 46.3 Å². The number of nitrogens with one attached hydrogen (secondary N) is 3. The standard InChI is InChI=1S/C39H69N3O8/c1-16-25-48-31(43)20-18-29(41-28(3)4)33(45)37(9,10)39(13,14)42-30(19-21-32(44)49-26-17-2)34(46)38(11,12)40-24-22-36(7,8)50-27-23-35(5,6)47-15/h2,16,28-30,40-42H,1,18-27H2,3-15H3. The van der Waals surface area contributed by atoms with Gasteiger partial charge in [-0.2, -0.15) is 0 Å². The van der Waals surface area contributed by atoms with E-state index in [1.165, 1.54) is 6.08 Å². The van der Waals surface area contributed by atoms with Crippen LogP contribution in [0.15, 0.2) is 12.7 Å². The number of hydrogen-bond acceptors (Lipinski definition) is 11. The number of carbonyl (C=O) groups excluding carboxylic acids is 4. The number of ketones is 2. The summed E-state index contributed by atoms with van der Waals surface area (Å²) in [4.78, 5) is 53.2. The lowest BCUT2D eigenvalue weighted by molar-refractivity contribution is -0.144. The number of esters is 2. The smallest absolute Gasteiger partial charge is 0.306 e. The molecular formula is C39H69N3O8. The average Bonchev–Trinajstić information content (AvgIpc) is 3.01. The highest BCUT2D eigenvalue weighted by molar-refractivity contribution is 5.93. The molecule has 0 aromatic rings. The third kappa shape index (κ3) is 17.1. The molecule has 11 nitrogen and oxygen atoms in total. The molecule has 0 fully saturated rings. The molecule has 2 atom stereocenters. The summed E-state index contributed by atoms with van der Waals surface area (Å²) < 4.78 is 21.9. The molecule has 288 valence electrons. The van der Waals surface area contributed by atoms with Crippen LogP contribution in [-0.4, -0.2) is 97.4 Å². The predicted octanol–water partition coefficient (Wildman–Crippen LogP) is 5.09. The number of ether oxygens (including phenoxy) is 4. The quantitative estimate of drug-likeness (QED) is 0.0598. The number of rotatable bonds is 27. The maximum atomic E-state index is 14.3. The van der Waals surface area contributed by atoms with Gasteiger partial charge in [0.05, 0.1) is 35.4 Å². The Morgan fingerprint density at radius 2 is 1.38 bits per heavy atom. The molecule has 0 aromatic carbocycles. The van der Waals surface area contributed by atoms with Crippen LogP contribution in [0.5, 0.6) is 0 Å². The van der Waals surface area contributed by atoms with Crippen LogP contribution in [0.3, 0.4) is 0 Å². The zero-order chi connectivity index (χ0) is 39.0. The summed E-state index contributed by atoms with van der Waals surface area (Å²) in [6.07, 6.45) is 8.53. The highest BCUT2D eigenvalue weighted by atomic mass is 16.5. The van der Waals surface area contributed by atoms with Crippen molar-refractivity contribution < 1.29 is 38.1 Å². The fourth-order valence-corrected chi connectivity index (χ4v) is 5.21. The molecular weight excluding hydrogens is 638 g/mol. The van der Waals surface area contributed by atoms with Crippen molar-refractivity contribution >= 4 is 23.5 Å². The lowest BCUT2D eigenvalue weighted by Gasteiger charge is -2.46. The molecule has 0 aliphatic heterocycles. The van der Waals surface area contributed by atoms with Crippen molar-refractivity contribution in [2.45, 2.75) is 162 Å². The van der Waals surface area contributed by atoms with Crippen molar-refractivity contribution in [3.05, 3.63) is 12.7 Å². The number of terminal acetylenes is 1. The number of carbonyl (C=O) groups is 4. The Morgan fingerprint density at radius 3 is 1.90 bits per heavy atom. The minimum Gasteiger partial charge on any atom is -0.461 e. The summed E-state index contributed by atoms with van der Waals surface area (Å²) in [5, 5.41) is 10.2. The second kappa shape index (κ2) is 21.0. The van der Waals surface area contributed by atoms with Gasteiger partial charge in [0.25, 0.3) is 0 Å². The van der Waals surface area contributed by atoms with E-state index >= 15 is 0 Å². The van der Waals surface area contributed by atoms with Gasteiger partial charge in [0.2, 0.25) is 0 Å². The third-order valence-corrected chi connectivity index (χ3v) is 9.49. The van der Waals surface area contributed by atoms with Crippen LogP contribution >= 0.6 is 0 Å². The van der Waals surface area contributed by atoms with Gasteiger partial charge in [0.1, 0.15) is 6.61 Å². The zero-order valence-electron chi connectivity index (χ0n) is 33.4. The predicted molar refractivity (Wildman–Crippen MR) is 199 cm³/mol. The van der Waals surface area contributed by atoms with Crippen molar-refractivity contribution in [2.75, 3.05) is 33.5 Å². The van der Waals surface area contributed by atoms with Crippen molar-refractivity contribution in [3.63, 3.8) is 0 Å². The SMILES string of the molecule is C#CCOC(=O)CCC(NC(C)(C)C(C)(C)C(=O)C(CCC(=O)OCC=C)NC(C)C)C(=O)C(C)(C)NCCC(C)(C)OCCC(C)(C)OC. The third-order valence-electron chi connectivity index (χ3n) is 9.49. The van der Waals surface area contributed by atoms with Gasteiger partial charge in [0, 0.05) is 36.9 Å². The maximum Gasteiger partial charge on any atom is 0.306 e. The van der Waals surface area contributed by atoms with Gasteiger partial charge in [-0.05, 0) is 87.6 Å². The number of Topliss-reactive ketones (excluding diaryl/α,β-unsaturated/α-hetero) is 2. The molecule has 0 aromatic heterocycles. The molecule has 0 aliphatic carbocycles. The van der Waals surface area contributed by atoms with E-state index in [1.807, 2.05) is 83.1 Å². The summed E-state index contributed by atoms with van der Waals surface area (Å²) in [6.45, 7) is 27.5. The largest absolute Gasteiger partial charge is 0.461 e. The van der Waals surface area contributed by atoms with Gasteiger partial charge >= 0.3 is 11.9 Å². The Morgan fingerprint density at radius 1 is 0.820 bits per heavy atom. The second-order valence-electron chi connectivity index (χ2n) is 16.1. The zero-order valence-corrected chi connectivity index (χ0v) is 33.4. The Balaban J connectivity index is 6.06. The van der Waals surface area contributed by atoms with Crippen LogP contribution in [0.4, 0.5) is 0 Å². The summed E-state index contributed by atoms with van der Waals surface area (Å²) in [5.41, 5.74) is -3.68. The number of hydrogen-bond donors (Lipinski definition) is 3. The number of methoxy groups -OCH3 is 1. The molecule has 2 unspecified atom stereocenters. The van der Waals surface area contributed by atoms with Crippen LogP contribution in [0.2, 0.25) is 0 Å². The molecule has 0 radical (unpaired) electrons. The highest BCUT2D eigenvalue weighted by Gasteiger charge is 2.48. The van der Waals surface area contributed by atoms with Crippen LogP contribution in [0.25, 0.3) is 0 Å². The van der Waals surface area contributed by atoms with Crippen molar-refractivity contribution in [3.8, 4) is 12.3 Å². The van der Waals surface area contributed by atoms with E-state index in [9.17, 15) is 19.2 Å². The first-order valence-electron chi connectivity index (χ1n) is 17.8. The molecule has 0 amide bonds. The van der Waals surface area contributed by atoms with Gasteiger partial charge in [-0.25, -0.2) is 0 Å². The first-order valence-corrected chi connectivity index (χ1v) is 17.8. The van der Waals surface area contributed by atoms with Crippen molar-refractivity contribution in [1.29, 1.82) is 0 Å². The summed E-state index contributed by atoms with van der Waals surface area (Å²) in [6, 6.07) is -1.48. The van der Waals surface area contributed by atoms with Gasteiger partial charge in [0.15, 0.2) is 18.2 Å². The minimum absolute atomic E-state index is 0.0252. The maximum absolute atomic E-state index is 14.3. The normalized spacial score (nSPS) is 14.1. The van der Waals surface area contributed by atoms with Gasteiger partial charge in [-0.3, -0.25) is 19.2 Å². The summed E-state index contributed by atoms with van der Waals surface area (Å²) >= 11 is 0. The van der Waals surface area contributed by atoms with Gasteiger partial charge in [-0.15, -0.1) is 6.42 Å². The lowest BCUT2D eigenvalue weighted by Crippen LogP contribution is -2.65. The Hall–Kier alpha value is -2.62. The molecule has 0 rings (SSSR count). The summed E-state index contributed by atoms with van der Waals surface area (Å²) in [5.74, 6) is 1.08. The van der Waals surface area contributed by atoms with E-state index < -0.39 is 46.1 Å². The van der Waals surface area contributed by atoms with Crippen molar-refractivity contribution in [2.24, 2.45) is 5.41 Å². The first-order chi connectivity index (χ1) is 22.9. The molecule has 50 heavy (non-hydrogen) atoms. The Bertz CT molecular complexity index is 1150. The Labute approximate surface area is 303 Å². The topological polar surface area (TPSA) is 141 Å². The van der Waals surface area contributed by atoms with E-state index in [4.69, 9.17) is 25.4 Å². The lowest BCUT2D eigenvalue weighted by atomic mass is 9.68. The minimum atomic E-state index is -1.02. The fourth-order valence-electron chi connectivity index (χ4n) is 5.21. The molecule has 0 spiro atoms. The van der Waals surface area contributed by atoms with E-state index in [2.05, 4.69) is 28.4 Å². The van der Waals surface area contributed by atoms with Gasteiger partial charge < -0.3 is 34.9 Å².